The highest BCUT2D eigenvalue weighted by molar-refractivity contribution is 7.80. The van der Waals surface area contributed by atoms with E-state index in [0.29, 0.717) is 5.41 Å². The molecule has 0 aliphatic heterocycles. The molecule has 16 heavy (non-hydrogen) atoms. The van der Waals surface area contributed by atoms with Gasteiger partial charge in [0.15, 0.2) is 0 Å². The second-order valence-corrected chi connectivity index (χ2v) is 6.67. The Hall–Kier alpha value is 0.310. The fraction of sp³-hybridized carbons (Fsp3) is 1.00. The molecule has 0 saturated heterocycles. The molecule has 1 nitrogen and oxygen atoms in total. The molecule has 0 radical (unpaired) electrons. The second-order valence-electron chi connectivity index (χ2n) is 6.35. The molecule has 94 valence electrons. The van der Waals surface area contributed by atoms with Crippen molar-refractivity contribution in [3.05, 3.63) is 0 Å². The van der Waals surface area contributed by atoms with E-state index in [0.717, 1.165) is 17.7 Å². The van der Waals surface area contributed by atoms with Gasteiger partial charge < -0.3 is 4.90 Å². The summed E-state index contributed by atoms with van der Waals surface area (Å²) in [6.45, 7) is 3.70. The Morgan fingerprint density at radius 2 is 2.00 bits per heavy atom. The predicted octanol–water partition coefficient (Wildman–Crippen LogP) is 3.60. The van der Waals surface area contributed by atoms with E-state index in [-0.39, 0.29) is 0 Å². The smallest absolute Gasteiger partial charge is 0.00949 e. The molecule has 2 atom stereocenters. The molecule has 0 aromatic carbocycles. The van der Waals surface area contributed by atoms with Gasteiger partial charge in [-0.05, 0) is 49.8 Å². The van der Waals surface area contributed by atoms with Crippen LogP contribution in [0.2, 0.25) is 0 Å². The number of nitrogens with zero attached hydrogens (tertiary/aromatic N) is 1. The number of thiol groups is 1. The minimum Gasteiger partial charge on any atom is -0.303 e. The maximum absolute atomic E-state index is 4.56. The van der Waals surface area contributed by atoms with E-state index >= 15 is 0 Å². The van der Waals surface area contributed by atoms with Crippen molar-refractivity contribution in [1.29, 1.82) is 0 Å². The zero-order valence-corrected chi connectivity index (χ0v) is 11.8. The van der Waals surface area contributed by atoms with Crippen molar-refractivity contribution in [3.63, 3.8) is 0 Å². The first-order chi connectivity index (χ1) is 7.65. The van der Waals surface area contributed by atoms with Crippen molar-refractivity contribution in [1.82, 2.24) is 4.90 Å². The van der Waals surface area contributed by atoms with Crippen molar-refractivity contribution in [2.45, 2.75) is 57.9 Å². The van der Waals surface area contributed by atoms with E-state index < -0.39 is 0 Å². The summed E-state index contributed by atoms with van der Waals surface area (Å²) < 4.78 is 0. The molecule has 0 amide bonds. The highest BCUT2D eigenvalue weighted by Crippen LogP contribution is 2.43. The van der Waals surface area contributed by atoms with Gasteiger partial charge in [-0.2, -0.15) is 12.6 Å². The summed E-state index contributed by atoms with van der Waals surface area (Å²) in [7, 11) is 2.34. The molecule has 0 aromatic rings. The van der Waals surface area contributed by atoms with Gasteiger partial charge in [-0.1, -0.05) is 26.2 Å². The van der Waals surface area contributed by atoms with Crippen LogP contribution in [0.3, 0.4) is 0 Å². The first kappa shape index (κ1) is 12.8. The summed E-state index contributed by atoms with van der Waals surface area (Å²) in [5, 5.41) is 0. The lowest BCUT2D eigenvalue weighted by Gasteiger charge is -2.46. The average molecular weight is 241 g/mol. The molecule has 2 unspecified atom stereocenters. The summed E-state index contributed by atoms with van der Waals surface area (Å²) in [4.78, 5) is 2.64. The van der Waals surface area contributed by atoms with Gasteiger partial charge in [-0.15, -0.1) is 0 Å². The first-order valence-corrected chi connectivity index (χ1v) is 7.59. The third kappa shape index (κ3) is 2.76. The Bertz CT molecular complexity index is 219. The third-order valence-electron chi connectivity index (χ3n) is 4.87. The van der Waals surface area contributed by atoms with Crippen LogP contribution in [-0.2, 0) is 0 Å². The number of hydrogen-bond acceptors (Lipinski definition) is 2. The monoisotopic (exact) mass is 241 g/mol. The van der Waals surface area contributed by atoms with Gasteiger partial charge in [0.2, 0.25) is 0 Å². The van der Waals surface area contributed by atoms with E-state index in [2.05, 4.69) is 31.5 Å². The van der Waals surface area contributed by atoms with Crippen LogP contribution in [0.5, 0.6) is 0 Å². The molecule has 2 aliphatic carbocycles. The lowest BCUT2D eigenvalue weighted by Crippen LogP contribution is -2.47. The molecule has 0 N–H and O–H groups in total. The Balaban J connectivity index is 1.84. The van der Waals surface area contributed by atoms with Gasteiger partial charge in [0.05, 0.1) is 0 Å². The van der Waals surface area contributed by atoms with Crippen LogP contribution in [0.25, 0.3) is 0 Å². The standard InChI is InChI=1S/C14H27NS/c1-12-5-3-6-13(9-12)15(2)10-14(11-16)7-4-8-14/h12-13,16H,3-11H2,1-2H3. The van der Waals surface area contributed by atoms with Gasteiger partial charge in [0, 0.05) is 12.6 Å². The molecule has 0 aromatic heterocycles. The lowest BCUT2D eigenvalue weighted by atomic mass is 9.69. The quantitative estimate of drug-likeness (QED) is 0.736. The molecule has 2 heteroatoms. The molecular weight excluding hydrogens is 214 g/mol. The zero-order chi connectivity index (χ0) is 11.6. The SMILES string of the molecule is CC1CCCC(N(C)CC2(CS)CCC2)C1. The second kappa shape index (κ2) is 5.30. The fourth-order valence-electron chi connectivity index (χ4n) is 3.50. The van der Waals surface area contributed by atoms with Gasteiger partial charge >= 0.3 is 0 Å². The molecule has 2 fully saturated rings. The van der Waals surface area contributed by atoms with Crippen LogP contribution in [0.15, 0.2) is 0 Å². The zero-order valence-electron chi connectivity index (χ0n) is 10.9. The van der Waals surface area contributed by atoms with Crippen LogP contribution in [-0.4, -0.2) is 30.3 Å². The van der Waals surface area contributed by atoms with Crippen molar-refractivity contribution in [3.8, 4) is 0 Å². The van der Waals surface area contributed by atoms with E-state index in [1.165, 1.54) is 51.5 Å². The van der Waals surface area contributed by atoms with Crippen LogP contribution in [0.4, 0.5) is 0 Å². The molecule has 0 heterocycles. The maximum Gasteiger partial charge on any atom is 0.00949 e. The fourth-order valence-corrected chi connectivity index (χ4v) is 3.92. The molecular formula is C14H27NS. The Morgan fingerprint density at radius 3 is 2.50 bits per heavy atom. The van der Waals surface area contributed by atoms with E-state index in [1.807, 2.05) is 0 Å². The van der Waals surface area contributed by atoms with Gasteiger partial charge in [0.25, 0.3) is 0 Å². The Kier molecular flexibility index (Phi) is 4.23. The predicted molar refractivity (Wildman–Crippen MR) is 74.2 cm³/mol. The van der Waals surface area contributed by atoms with Crippen molar-refractivity contribution in [2.75, 3.05) is 19.3 Å². The molecule has 0 bridgehead atoms. The average Bonchev–Trinajstić information content (AvgIpc) is 2.23. The van der Waals surface area contributed by atoms with Crippen LogP contribution < -0.4 is 0 Å². The topological polar surface area (TPSA) is 3.24 Å². The summed E-state index contributed by atoms with van der Waals surface area (Å²) >= 11 is 4.56. The minimum atomic E-state index is 0.568. The molecule has 0 spiro atoms. The van der Waals surface area contributed by atoms with Crippen molar-refractivity contribution >= 4 is 12.6 Å². The highest BCUT2D eigenvalue weighted by Gasteiger charge is 2.38. The van der Waals surface area contributed by atoms with Crippen LogP contribution >= 0.6 is 12.6 Å². The van der Waals surface area contributed by atoms with Gasteiger partial charge in [-0.3, -0.25) is 0 Å². The van der Waals surface area contributed by atoms with Gasteiger partial charge in [-0.25, -0.2) is 0 Å². The van der Waals surface area contributed by atoms with Crippen molar-refractivity contribution < 1.29 is 0 Å². The van der Waals surface area contributed by atoms with Crippen LogP contribution in [0.1, 0.15) is 51.9 Å². The Morgan fingerprint density at radius 1 is 1.25 bits per heavy atom. The lowest BCUT2D eigenvalue weighted by molar-refractivity contribution is 0.0625. The third-order valence-corrected chi connectivity index (χ3v) is 5.54. The summed E-state index contributed by atoms with van der Waals surface area (Å²) in [5.41, 5.74) is 0.568. The summed E-state index contributed by atoms with van der Waals surface area (Å²) in [5.74, 6) is 2.02. The Labute approximate surface area is 106 Å². The molecule has 2 saturated carbocycles. The minimum absolute atomic E-state index is 0.568. The van der Waals surface area contributed by atoms with Crippen molar-refractivity contribution in [2.24, 2.45) is 11.3 Å². The highest BCUT2D eigenvalue weighted by atomic mass is 32.1. The largest absolute Gasteiger partial charge is 0.303 e. The number of hydrogen-bond donors (Lipinski definition) is 1. The van der Waals surface area contributed by atoms with Crippen LogP contribution in [0, 0.1) is 11.3 Å². The van der Waals surface area contributed by atoms with Gasteiger partial charge in [0.1, 0.15) is 0 Å². The summed E-state index contributed by atoms with van der Waals surface area (Å²) in [6, 6.07) is 0.848. The van der Waals surface area contributed by atoms with E-state index in [4.69, 9.17) is 0 Å². The molecule has 2 rings (SSSR count). The van der Waals surface area contributed by atoms with E-state index in [1.54, 1.807) is 0 Å². The summed E-state index contributed by atoms with van der Waals surface area (Å²) in [6.07, 6.45) is 9.95. The van der Waals surface area contributed by atoms with E-state index in [9.17, 15) is 0 Å². The molecule has 2 aliphatic rings. The number of rotatable bonds is 4. The maximum atomic E-state index is 4.56. The first-order valence-electron chi connectivity index (χ1n) is 6.96. The normalized spacial score (nSPS) is 33.8.